The number of hydrogen-bond acceptors (Lipinski definition) is 9. The van der Waals surface area contributed by atoms with Gasteiger partial charge in [0.2, 0.25) is 4.96 Å². The number of nitrogens with zero attached hydrogens (tertiary/aromatic N) is 7. The predicted molar refractivity (Wildman–Crippen MR) is 146 cm³/mol. The SMILES string of the molecule is CCOc1ccc(-c2nn(-c3ccccc3)cc2/C=c2\sc3nc(-c4cccnc4)nn3c2=O)cc1[N+](=O)[O-]. The molecule has 4 heterocycles. The maximum Gasteiger partial charge on any atom is 0.311 e. The average Bonchev–Trinajstić information content (AvgIpc) is 3.65. The van der Waals surface area contributed by atoms with E-state index in [1.54, 1.807) is 54.5 Å². The van der Waals surface area contributed by atoms with Crippen molar-refractivity contribution in [2.75, 3.05) is 6.61 Å². The molecule has 4 aromatic heterocycles. The van der Waals surface area contributed by atoms with Crippen molar-refractivity contribution in [2.45, 2.75) is 6.92 Å². The molecule has 192 valence electrons. The topological polar surface area (TPSA) is 130 Å². The molecule has 11 nitrogen and oxygen atoms in total. The largest absolute Gasteiger partial charge is 0.487 e. The van der Waals surface area contributed by atoms with Crippen molar-refractivity contribution in [2.24, 2.45) is 0 Å². The molecule has 0 aliphatic heterocycles. The third-order valence-electron chi connectivity index (χ3n) is 5.88. The number of aromatic nitrogens is 6. The molecule has 0 amide bonds. The molecule has 0 spiro atoms. The standard InChI is InChI=1S/C27H19N7O4S/c1-2-38-22-11-10-17(13-21(22)34(36)37)24-19(16-32(30-24)20-8-4-3-5-9-20)14-23-26(35)33-27(39-23)29-25(31-33)18-7-6-12-28-15-18/h3-16H,2H2,1H3/b23-14-. The van der Waals surface area contributed by atoms with Crippen LogP contribution in [0, 0.1) is 10.1 Å². The van der Waals surface area contributed by atoms with Crippen LogP contribution < -0.4 is 14.8 Å². The number of thiazole rings is 1. The van der Waals surface area contributed by atoms with Crippen molar-refractivity contribution in [3.8, 4) is 34.1 Å². The minimum absolute atomic E-state index is 0.166. The second-order valence-electron chi connectivity index (χ2n) is 8.37. The Bertz CT molecular complexity index is 1930. The zero-order chi connectivity index (χ0) is 26.9. The van der Waals surface area contributed by atoms with E-state index in [1.165, 1.54) is 21.9 Å². The summed E-state index contributed by atoms with van der Waals surface area (Å²) in [5, 5.41) is 20.9. The van der Waals surface area contributed by atoms with Crippen LogP contribution in [-0.4, -0.2) is 40.9 Å². The number of hydrogen-bond donors (Lipinski definition) is 0. The highest BCUT2D eigenvalue weighted by molar-refractivity contribution is 7.15. The third-order valence-corrected chi connectivity index (χ3v) is 6.84. The Morgan fingerprint density at radius 2 is 1.92 bits per heavy atom. The summed E-state index contributed by atoms with van der Waals surface area (Å²) in [7, 11) is 0. The van der Waals surface area contributed by atoms with Crippen LogP contribution in [0.15, 0.2) is 84.0 Å². The Kier molecular flexibility index (Phi) is 6.13. The lowest BCUT2D eigenvalue weighted by Gasteiger charge is -2.06. The van der Waals surface area contributed by atoms with Gasteiger partial charge in [0.1, 0.15) is 5.69 Å². The number of benzene rings is 2. The first-order chi connectivity index (χ1) is 19.0. The molecule has 0 bridgehead atoms. The maximum atomic E-state index is 13.3. The Morgan fingerprint density at radius 3 is 2.64 bits per heavy atom. The summed E-state index contributed by atoms with van der Waals surface area (Å²) in [6.45, 7) is 2.06. The van der Waals surface area contributed by atoms with Gasteiger partial charge in [0.25, 0.3) is 5.56 Å². The van der Waals surface area contributed by atoms with E-state index in [1.807, 2.05) is 36.4 Å². The number of nitro groups is 1. The first kappa shape index (κ1) is 24.1. The molecule has 0 radical (unpaired) electrons. The monoisotopic (exact) mass is 537 g/mol. The quantitative estimate of drug-likeness (QED) is 0.221. The zero-order valence-electron chi connectivity index (χ0n) is 20.5. The number of para-hydroxylation sites is 1. The molecule has 0 saturated heterocycles. The second-order valence-corrected chi connectivity index (χ2v) is 9.38. The number of pyridine rings is 1. The molecule has 6 aromatic rings. The van der Waals surface area contributed by atoms with Gasteiger partial charge in [0.15, 0.2) is 11.6 Å². The molecule has 0 N–H and O–H groups in total. The fourth-order valence-corrected chi connectivity index (χ4v) is 5.01. The summed E-state index contributed by atoms with van der Waals surface area (Å²) < 4.78 is 8.77. The molecule has 2 aromatic carbocycles. The first-order valence-electron chi connectivity index (χ1n) is 11.9. The summed E-state index contributed by atoms with van der Waals surface area (Å²) in [4.78, 5) is 33.5. The number of nitro benzene ring substituents is 1. The first-order valence-corrected chi connectivity index (χ1v) is 12.7. The van der Waals surface area contributed by atoms with E-state index in [2.05, 4.69) is 15.1 Å². The van der Waals surface area contributed by atoms with Crippen LogP contribution in [0.2, 0.25) is 0 Å². The molecule has 0 unspecified atom stereocenters. The van der Waals surface area contributed by atoms with E-state index in [4.69, 9.17) is 9.84 Å². The molecule has 0 aliphatic carbocycles. The van der Waals surface area contributed by atoms with Crippen molar-refractivity contribution >= 4 is 28.1 Å². The zero-order valence-corrected chi connectivity index (χ0v) is 21.3. The Hall–Kier alpha value is -5.23. The van der Waals surface area contributed by atoms with Crippen molar-refractivity contribution in [1.29, 1.82) is 0 Å². The molecule has 0 aliphatic rings. The highest BCUT2D eigenvalue weighted by Gasteiger charge is 2.20. The molecular weight excluding hydrogens is 518 g/mol. The summed E-state index contributed by atoms with van der Waals surface area (Å²) in [5.41, 5.74) is 2.60. The smallest absolute Gasteiger partial charge is 0.311 e. The molecular formula is C27H19N7O4S. The van der Waals surface area contributed by atoms with Gasteiger partial charge in [-0.15, -0.1) is 5.10 Å². The van der Waals surface area contributed by atoms with Crippen LogP contribution in [0.1, 0.15) is 12.5 Å². The minimum atomic E-state index is -0.484. The average molecular weight is 538 g/mol. The van der Waals surface area contributed by atoms with Crippen molar-refractivity contribution in [3.05, 3.63) is 110 Å². The van der Waals surface area contributed by atoms with Crippen molar-refractivity contribution in [1.82, 2.24) is 29.4 Å². The number of rotatable bonds is 7. The summed E-state index contributed by atoms with van der Waals surface area (Å²) >= 11 is 1.20. The van der Waals surface area contributed by atoms with Crippen molar-refractivity contribution < 1.29 is 9.66 Å². The van der Waals surface area contributed by atoms with E-state index in [-0.39, 0.29) is 17.0 Å². The molecule has 0 saturated carbocycles. The van der Waals surface area contributed by atoms with Crippen LogP contribution >= 0.6 is 11.3 Å². The van der Waals surface area contributed by atoms with E-state index in [0.29, 0.717) is 44.3 Å². The van der Waals surface area contributed by atoms with Gasteiger partial charge in [-0.1, -0.05) is 29.5 Å². The summed E-state index contributed by atoms with van der Waals surface area (Å²) in [6.07, 6.45) is 6.78. The molecule has 6 rings (SSSR count). The highest BCUT2D eigenvalue weighted by Crippen LogP contribution is 2.34. The van der Waals surface area contributed by atoms with Crippen LogP contribution in [0.25, 0.3) is 39.4 Å². The van der Waals surface area contributed by atoms with Gasteiger partial charge in [-0.2, -0.15) is 14.6 Å². The molecule has 0 fully saturated rings. The van der Waals surface area contributed by atoms with Gasteiger partial charge in [-0.3, -0.25) is 19.9 Å². The van der Waals surface area contributed by atoms with Crippen molar-refractivity contribution in [3.63, 3.8) is 0 Å². The Balaban J connectivity index is 1.50. The van der Waals surface area contributed by atoms with Gasteiger partial charge in [-0.25, -0.2) is 4.68 Å². The fourth-order valence-electron chi connectivity index (χ4n) is 4.11. The molecule has 39 heavy (non-hydrogen) atoms. The van der Waals surface area contributed by atoms with Crippen LogP contribution in [-0.2, 0) is 0 Å². The van der Waals surface area contributed by atoms with Gasteiger partial charge in [0, 0.05) is 41.3 Å². The number of ether oxygens (including phenoxy) is 1. The van der Waals surface area contributed by atoms with Crippen LogP contribution in [0.3, 0.4) is 0 Å². The third kappa shape index (κ3) is 4.53. The lowest BCUT2D eigenvalue weighted by molar-refractivity contribution is -0.385. The lowest BCUT2D eigenvalue weighted by Crippen LogP contribution is -2.23. The van der Waals surface area contributed by atoms with E-state index < -0.39 is 4.92 Å². The lowest BCUT2D eigenvalue weighted by atomic mass is 10.1. The molecule has 0 atom stereocenters. The van der Waals surface area contributed by atoms with Gasteiger partial charge in [-0.05, 0) is 49.4 Å². The minimum Gasteiger partial charge on any atom is -0.487 e. The van der Waals surface area contributed by atoms with Gasteiger partial charge >= 0.3 is 5.69 Å². The molecule has 12 heteroatoms. The highest BCUT2D eigenvalue weighted by atomic mass is 32.1. The van der Waals surface area contributed by atoms with Gasteiger partial charge < -0.3 is 4.74 Å². The van der Waals surface area contributed by atoms with E-state index >= 15 is 0 Å². The van der Waals surface area contributed by atoms with Gasteiger partial charge in [0.05, 0.1) is 21.7 Å². The Morgan fingerprint density at radius 1 is 1.08 bits per heavy atom. The summed E-state index contributed by atoms with van der Waals surface area (Å²) in [6, 6.07) is 17.8. The predicted octanol–water partition coefficient (Wildman–Crippen LogP) is 3.92. The van der Waals surface area contributed by atoms with E-state index in [9.17, 15) is 14.9 Å². The maximum absolute atomic E-state index is 13.3. The fraction of sp³-hybridized carbons (Fsp3) is 0.0741. The van der Waals surface area contributed by atoms with Crippen LogP contribution in [0.4, 0.5) is 5.69 Å². The second kappa shape index (κ2) is 9.91. The number of fused-ring (bicyclic) bond motifs is 1. The Labute approximate surface area is 224 Å². The normalized spacial score (nSPS) is 11.8. The van der Waals surface area contributed by atoms with Crippen LogP contribution in [0.5, 0.6) is 5.75 Å². The summed E-state index contributed by atoms with van der Waals surface area (Å²) in [5.74, 6) is 0.591. The van der Waals surface area contributed by atoms with E-state index in [0.717, 1.165) is 5.69 Å².